The molecule has 3 heterocycles. The van der Waals surface area contributed by atoms with E-state index in [2.05, 4.69) is 21.6 Å². The number of rotatable bonds is 7. The first-order valence-corrected chi connectivity index (χ1v) is 12.1. The molecule has 7 nitrogen and oxygen atoms in total. The second kappa shape index (κ2) is 9.30. The van der Waals surface area contributed by atoms with Crippen molar-refractivity contribution < 1.29 is 9.53 Å². The van der Waals surface area contributed by atoms with Crippen molar-refractivity contribution in [1.82, 2.24) is 9.58 Å². The quantitative estimate of drug-likeness (QED) is 0.465. The number of nitrogens with one attached hydrogen (secondary N) is 1. The molecular weight excluding hydrogens is 446 g/mol. The van der Waals surface area contributed by atoms with Crippen LogP contribution in [0.5, 0.6) is 5.75 Å². The molecule has 3 aromatic rings. The number of hydrogen-bond acceptors (Lipinski definition) is 5. The number of hydrogen-bond donors (Lipinski definition) is 1. The van der Waals surface area contributed by atoms with Crippen molar-refractivity contribution in [2.45, 2.75) is 33.2 Å². The van der Waals surface area contributed by atoms with E-state index >= 15 is 0 Å². The Morgan fingerprint density at radius 2 is 2.03 bits per heavy atom. The molecule has 0 aliphatic carbocycles. The molecule has 0 spiro atoms. The molecule has 0 fully saturated rings. The van der Waals surface area contributed by atoms with Gasteiger partial charge in [-0.2, -0.15) is 15.1 Å². The van der Waals surface area contributed by atoms with Gasteiger partial charge in [-0.15, -0.1) is 0 Å². The molecule has 0 saturated carbocycles. The first kappa shape index (κ1) is 22.2. The number of ether oxygens (including phenoxy) is 1. The van der Waals surface area contributed by atoms with Gasteiger partial charge in [-0.25, -0.2) is 0 Å². The van der Waals surface area contributed by atoms with Gasteiger partial charge in [-0.1, -0.05) is 37.3 Å². The highest BCUT2D eigenvalue weighted by Crippen LogP contribution is 2.31. The second-order valence-corrected chi connectivity index (χ2v) is 9.26. The molecule has 0 bridgehead atoms. The van der Waals surface area contributed by atoms with Gasteiger partial charge in [0.15, 0.2) is 5.84 Å². The Bertz CT molecular complexity index is 1380. The first-order chi connectivity index (χ1) is 16.5. The third kappa shape index (κ3) is 4.28. The number of aliphatic imine (C=N–C) groups is 1. The van der Waals surface area contributed by atoms with Gasteiger partial charge >= 0.3 is 0 Å². The van der Waals surface area contributed by atoms with E-state index in [9.17, 15) is 4.79 Å². The van der Waals surface area contributed by atoms with E-state index in [1.54, 1.807) is 6.08 Å². The summed E-state index contributed by atoms with van der Waals surface area (Å²) in [5.74, 6) is 0.504. The van der Waals surface area contributed by atoms with Gasteiger partial charge in [0.05, 0.1) is 12.1 Å². The minimum atomic E-state index is -0.406. The monoisotopic (exact) mass is 471 g/mol. The molecule has 1 N–H and O–H groups in total. The lowest BCUT2D eigenvalue weighted by Crippen LogP contribution is -2.35. The van der Waals surface area contributed by atoms with Crippen molar-refractivity contribution in [3.63, 3.8) is 0 Å². The maximum absolute atomic E-state index is 12.8. The number of carbonyl (C=O) groups excluding carboxylic acids is 1. The number of aromatic nitrogens is 1. The van der Waals surface area contributed by atoms with Crippen LogP contribution in [-0.4, -0.2) is 38.1 Å². The molecule has 2 aliphatic heterocycles. The van der Waals surface area contributed by atoms with Crippen molar-refractivity contribution in [2.75, 3.05) is 6.61 Å². The Balaban J connectivity index is 1.42. The van der Waals surface area contributed by atoms with Crippen molar-refractivity contribution in [2.24, 2.45) is 10.1 Å². The normalized spacial score (nSPS) is 16.8. The summed E-state index contributed by atoms with van der Waals surface area (Å²) < 4.78 is 8.06. The molecular formula is C26H25N5O2S. The smallest absolute Gasteiger partial charge is 0.283 e. The van der Waals surface area contributed by atoms with E-state index < -0.39 is 5.91 Å². The van der Waals surface area contributed by atoms with Crippen molar-refractivity contribution >= 4 is 50.7 Å². The zero-order valence-electron chi connectivity index (χ0n) is 19.1. The maximum atomic E-state index is 12.8. The number of hydrazone groups is 1. The molecule has 172 valence electrons. The van der Waals surface area contributed by atoms with Crippen LogP contribution >= 0.6 is 11.8 Å². The van der Waals surface area contributed by atoms with Crippen LogP contribution in [0.25, 0.3) is 17.0 Å². The van der Waals surface area contributed by atoms with Crippen LogP contribution in [0.15, 0.2) is 70.4 Å². The third-order valence-corrected chi connectivity index (χ3v) is 6.64. The Kier molecular flexibility index (Phi) is 6.06. The number of benzene rings is 2. The van der Waals surface area contributed by atoms with E-state index in [1.165, 1.54) is 16.8 Å². The van der Waals surface area contributed by atoms with E-state index in [0.29, 0.717) is 18.3 Å². The number of fused-ring (bicyclic) bond motifs is 2. The highest BCUT2D eigenvalue weighted by molar-refractivity contribution is 8.26. The molecule has 8 heteroatoms. The zero-order valence-corrected chi connectivity index (χ0v) is 19.9. The predicted octanol–water partition coefficient (Wildman–Crippen LogP) is 5.45. The fourth-order valence-electron chi connectivity index (χ4n) is 4.04. The van der Waals surface area contributed by atoms with E-state index in [4.69, 9.17) is 10.1 Å². The van der Waals surface area contributed by atoms with Gasteiger partial charge < -0.3 is 9.30 Å². The van der Waals surface area contributed by atoms with E-state index in [-0.39, 0.29) is 11.4 Å². The Hall–Kier alpha value is -3.65. The number of amidine groups is 2. The molecule has 2 aromatic carbocycles. The molecule has 0 unspecified atom stereocenters. The molecule has 1 amide bonds. The van der Waals surface area contributed by atoms with Gasteiger partial charge in [0.1, 0.15) is 17.4 Å². The summed E-state index contributed by atoms with van der Waals surface area (Å²) in [6, 6.07) is 16.0. The summed E-state index contributed by atoms with van der Waals surface area (Å²) in [6.45, 7) is 5.28. The number of thioether (sulfide) groups is 1. The van der Waals surface area contributed by atoms with Crippen LogP contribution in [-0.2, 0) is 11.3 Å². The van der Waals surface area contributed by atoms with Crippen molar-refractivity contribution in [3.05, 3.63) is 71.4 Å². The van der Waals surface area contributed by atoms with Crippen LogP contribution in [0.2, 0.25) is 0 Å². The van der Waals surface area contributed by atoms with Crippen LogP contribution in [0.3, 0.4) is 0 Å². The van der Waals surface area contributed by atoms with Gasteiger partial charge in [0.25, 0.3) is 5.91 Å². The summed E-state index contributed by atoms with van der Waals surface area (Å²) in [5, 5.41) is 16.9. The Morgan fingerprint density at radius 1 is 1.18 bits per heavy atom. The van der Waals surface area contributed by atoms with Gasteiger partial charge in [-0.05, 0) is 61.4 Å². The van der Waals surface area contributed by atoms with E-state index in [1.807, 2.05) is 61.7 Å². The third-order valence-electron chi connectivity index (χ3n) is 5.67. The summed E-state index contributed by atoms with van der Waals surface area (Å²) in [7, 11) is 0. The first-order valence-electron chi connectivity index (χ1n) is 11.3. The number of aryl methyl sites for hydroxylation is 1. The van der Waals surface area contributed by atoms with Gasteiger partial charge in [0.2, 0.25) is 5.17 Å². The largest absolute Gasteiger partial charge is 0.492 e. The average molecular weight is 472 g/mol. The maximum Gasteiger partial charge on any atom is 0.283 e. The fraction of sp³-hybridized carbons (Fsp3) is 0.231. The lowest BCUT2D eigenvalue weighted by molar-refractivity contribution is -0.114. The molecule has 34 heavy (non-hydrogen) atoms. The highest BCUT2D eigenvalue weighted by atomic mass is 32.2. The van der Waals surface area contributed by atoms with Crippen LogP contribution in [0.1, 0.15) is 30.9 Å². The fourth-order valence-corrected chi connectivity index (χ4v) is 5.03. The topological polar surface area (TPSA) is 83.0 Å². The SMILES string of the molecule is CCCC1=NN2C(=N)/C(=C\c3cn(CCOc4cccc(C)c4)c4ccccc34)C(=O)N=C2S1. The average Bonchev–Trinajstić information content (AvgIpc) is 3.38. The number of amides is 1. The van der Waals surface area contributed by atoms with Crippen LogP contribution in [0, 0.1) is 12.3 Å². The van der Waals surface area contributed by atoms with Crippen LogP contribution in [0.4, 0.5) is 0 Å². The zero-order chi connectivity index (χ0) is 23.7. The lowest BCUT2D eigenvalue weighted by atomic mass is 10.1. The van der Waals surface area contributed by atoms with Crippen molar-refractivity contribution in [1.29, 1.82) is 5.41 Å². The number of nitrogens with zero attached hydrogens (tertiary/aromatic N) is 4. The standard InChI is InChI=1S/C26H25N5O2S/c1-3-7-23-29-31-24(27)21(25(32)28-26(31)34-23)15-18-16-30(22-11-5-4-10-20(18)22)12-13-33-19-9-6-8-17(2)14-19/h4-6,8-11,14-16,27H,3,7,12-13H2,1-2H3/b21-15+,27-24?. The summed E-state index contributed by atoms with van der Waals surface area (Å²) in [6.07, 6.45) is 5.51. The minimum absolute atomic E-state index is 0.0632. The van der Waals surface area contributed by atoms with E-state index in [0.717, 1.165) is 45.7 Å². The summed E-state index contributed by atoms with van der Waals surface area (Å²) in [5.41, 5.74) is 3.30. The molecule has 0 saturated heterocycles. The van der Waals surface area contributed by atoms with Gasteiger partial charge in [-0.3, -0.25) is 10.2 Å². The number of carbonyl (C=O) groups is 1. The molecule has 1 aromatic heterocycles. The number of para-hydroxylation sites is 1. The molecule has 5 rings (SSSR count). The highest BCUT2D eigenvalue weighted by Gasteiger charge is 2.35. The lowest BCUT2D eigenvalue weighted by Gasteiger charge is -2.20. The van der Waals surface area contributed by atoms with Gasteiger partial charge in [0, 0.05) is 22.7 Å². The predicted molar refractivity (Wildman–Crippen MR) is 139 cm³/mol. The summed E-state index contributed by atoms with van der Waals surface area (Å²) >= 11 is 1.37. The molecule has 0 atom stereocenters. The van der Waals surface area contributed by atoms with Crippen LogP contribution < -0.4 is 4.74 Å². The minimum Gasteiger partial charge on any atom is -0.492 e. The molecule has 2 aliphatic rings. The summed E-state index contributed by atoms with van der Waals surface area (Å²) in [4.78, 5) is 17.0. The Morgan fingerprint density at radius 3 is 2.85 bits per heavy atom. The molecule has 0 radical (unpaired) electrons. The Labute approximate surface area is 202 Å². The van der Waals surface area contributed by atoms with Crippen molar-refractivity contribution in [3.8, 4) is 5.75 Å². The second-order valence-electron chi connectivity index (χ2n) is 8.22.